The van der Waals surface area contributed by atoms with E-state index in [0.29, 0.717) is 27.7 Å². The second-order valence-corrected chi connectivity index (χ2v) is 7.91. The van der Waals surface area contributed by atoms with Crippen molar-refractivity contribution in [1.29, 1.82) is 0 Å². The third-order valence-corrected chi connectivity index (χ3v) is 5.51. The number of anilines is 1. The SMILES string of the molecule is Cc1nc(-c2c(F)cccc2-c2ccc(CNc3nc4ccccc4n3NC(=O)CO)c(F)c2)no1. The molecule has 3 N–H and O–H groups in total. The Hall–Kier alpha value is -4.64. The van der Waals surface area contributed by atoms with Gasteiger partial charge in [-0.1, -0.05) is 41.6 Å². The lowest BCUT2D eigenvalue weighted by molar-refractivity contribution is -0.119. The molecule has 36 heavy (non-hydrogen) atoms. The number of imidazole rings is 1. The molecular formula is C25H20F2N6O3. The standard InChI is InChI=1S/C25H20F2N6O3/c1-14-29-24(32-36-14)23-17(5-4-6-18(23)26)15-9-10-16(19(27)11-15)12-28-25-30-20-7-2-3-8-21(20)33(25)31-22(35)13-34/h2-11,34H,12-13H2,1H3,(H,28,30)(H,31,35). The van der Waals surface area contributed by atoms with E-state index in [1.165, 1.54) is 22.9 Å². The molecule has 0 radical (unpaired) electrons. The average Bonchev–Trinajstić information content (AvgIpc) is 3.46. The van der Waals surface area contributed by atoms with Crippen molar-refractivity contribution in [2.24, 2.45) is 0 Å². The summed E-state index contributed by atoms with van der Waals surface area (Å²) in [5.41, 5.74) is 5.05. The first-order chi connectivity index (χ1) is 17.4. The first-order valence-electron chi connectivity index (χ1n) is 10.9. The van der Waals surface area contributed by atoms with Crippen LogP contribution in [0.4, 0.5) is 14.7 Å². The Morgan fingerprint density at radius 2 is 1.89 bits per heavy atom. The number of para-hydroxylation sites is 2. The molecule has 0 saturated carbocycles. The molecule has 5 aromatic rings. The summed E-state index contributed by atoms with van der Waals surface area (Å²) in [6, 6.07) is 16.1. The largest absolute Gasteiger partial charge is 0.386 e. The molecule has 182 valence electrons. The Bertz CT molecular complexity index is 1580. The Kier molecular flexibility index (Phi) is 6.13. The lowest BCUT2D eigenvalue weighted by Crippen LogP contribution is -2.26. The van der Waals surface area contributed by atoms with Crippen LogP contribution >= 0.6 is 0 Å². The summed E-state index contributed by atoms with van der Waals surface area (Å²) in [6.07, 6.45) is 0. The Balaban J connectivity index is 1.43. The molecule has 0 unspecified atom stereocenters. The van der Waals surface area contributed by atoms with Gasteiger partial charge in [0, 0.05) is 19.0 Å². The summed E-state index contributed by atoms with van der Waals surface area (Å²) in [4.78, 5) is 20.3. The van der Waals surface area contributed by atoms with Crippen LogP contribution in [0.1, 0.15) is 11.5 Å². The third kappa shape index (κ3) is 4.39. The minimum atomic E-state index is -0.701. The lowest BCUT2D eigenvalue weighted by atomic mass is 9.97. The van der Waals surface area contributed by atoms with Crippen LogP contribution in [0, 0.1) is 18.6 Å². The number of aryl methyl sites for hydroxylation is 1. The molecule has 2 aromatic heterocycles. The fourth-order valence-electron chi connectivity index (χ4n) is 3.84. The van der Waals surface area contributed by atoms with Gasteiger partial charge in [-0.25, -0.2) is 18.4 Å². The van der Waals surface area contributed by atoms with Crippen molar-refractivity contribution in [3.05, 3.63) is 83.8 Å². The van der Waals surface area contributed by atoms with Crippen LogP contribution in [0.2, 0.25) is 0 Å². The van der Waals surface area contributed by atoms with Gasteiger partial charge < -0.3 is 14.9 Å². The molecule has 0 spiro atoms. The Labute approximate surface area is 203 Å². The van der Waals surface area contributed by atoms with Crippen LogP contribution < -0.4 is 10.7 Å². The smallest absolute Gasteiger partial charge is 0.264 e. The zero-order valence-electron chi connectivity index (χ0n) is 19.0. The number of carbonyl (C=O) groups is 1. The number of hydrogen-bond acceptors (Lipinski definition) is 7. The highest BCUT2D eigenvalue weighted by Gasteiger charge is 2.19. The van der Waals surface area contributed by atoms with E-state index < -0.39 is 24.1 Å². The number of halogens is 2. The maximum atomic E-state index is 15.1. The topological polar surface area (TPSA) is 118 Å². The fourth-order valence-corrected chi connectivity index (χ4v) is 3.84. The summed E-state index contributed by atoms with van der Waals surface area (Å²) < 4.78 is 36.2. The van der Waals surface area contributed by atoms with E-state index in [-0.39, 0.29) is 29.8 Å². The molecule has 5 rings (SSSR count). The van der Waals surface area contributed by atoms with Gasteiger partial charge in [-0.05, 0) is 35.4 Å². The van der Waals surface area contributed by atoms with Gasteiger partial charge in [0.2, 0.25) is 17.7 Å². The molecule has 1 amide bonds. The van der Waals surface area contributed by atoms with Crippen molar-refractivity contribution in [3.63, 3.8) is 0 Å². The third-order valence-electron chi connectivity index (χ3n) is 5.51. The van der Waals surface area contributed by atoms with E-state index in [2.05, 4.69) is 25.9 Å². The molecule has 0 aliphatic carbocycles. The van der Waals surface area contributed by atoms with Crippen molar-refractivity contribution < 1.29 is 23.2 Å². The molecule has 3 aromatic carbocycles. The molecule has 9 nitrogen and oxygen atoms in total. The molecule has 0 aliphatic heterocycles. The fraction of sp³-hybridized carbons (Fsp3) is 0.120. The van der Waals surface area contributed by atoms with Crippen LogP contribution in [0.5, 0.6) is 0 Å². The summed E-state index contributed by atoms with van der Waals surface area (Å²) in [7, 11) is 0. The Morgan fingerprint density at radius 1 is 1.06 bits per heavy atom. The highest BCUT2D eigenvalue weighted by Crippen LogP contribution is 2.33. The highest BCUT2D eigenvalue weighted by atomic mass is 19.1. The number of aliphatic hydroxyl groups is 1. The second-order valence-electron chi connectivity index (χ2n) is 7.91. The second kappa shape index (κ2) is 9.55. The van der Waals surface area contributed by atoms with Crippen LogP contribution in [0.15, 0.2) is 65.2 Å². The monoisotopic (exact) mass is 490 g/mol. The molecule has 2 heterocycles. The van der Waals surface area contributed by atoms with Gasteiger partial charge >= 0.3 is 0 Å². The lowest BCUT2D eigenvalue weighted by Gasteiger charge is -2.13. The summed E-state index contributed by atoms with van der Waals surface area (Å²) in [6.45, 7) is 0.944. The van der Waals surface area contributed by atoms with Crippen LogP contribution in [-0.2, 0) is 11.3 Å². The summed E-state index contributed by atoms with van der Waals surface area (Å²) in [5, 5.41) is 15.9. The van der Waals surface area contributed by atoms with E-state index in [1.54, 1.807) is 49.4 Å². The van der Waals surface area contributed by atoms with Crippen LogP contribution in [-0.4, -0.2) is 37.4 Å². The molecule has 0 fully saturated rings. The number of aromatic nitrogens is 4. The quantitative estimate of drug-likeness (QED) is 0.315. The van der Waals surface area contributed by atoms with Crippen LogP contribution in [0.25, 0.3) is 33.5 Å². The van der Waals surface area contributed by atoms with Gasteiger partial charge in [-0.3, -0.25) is 10.2 Å². The number of amides is 1. The number of nitrogens with zero attached hydrogens (tertiary/aromatic N) is 4. The van der Waals surface area contributed by atoms with Crippen molar-refractivity contribution in [2.45, 2.75) is 13.5 Å². The molecule has 0 saturated heterocycles. The minimum Gasteiger partial charge on any atom is -0.386 e. The predicted molar refractivity (Wildman–Crippen MR) is 128 cm³/mol. The minimum absolute atomic E-state index is 0.0461. The molecule has 0 bridgehead atoms. The van der Waals surface area contributed by atoms with E-state index >= 15 is 4.39 Å². The van der Waals surface area contributed by atoms with Gasteiger partial charge in [0.25, 0.3) is 5.91 Å². The van der Waals surface area contributed by atoms with Gasteiger partial charge in [0.1, 0.15) is 18.2 Å². The number of nitrogens with one attached hydrogen (secondary N) is 2. The number of carbonyl (C=O) groups excluding carboxylic acids is 1. The van der Waals surface area contributed by atoms with E-state index in [0.717, 1.165) is 0 Å². The van der Waals surface area contributed by atoms with Gasteiger partial charge in [0.05, 0.1) is 16.6 Å². The van der Waals surface area contributed by atoms with E-state index in [4.69, 9.17) is 9.63 Å². The summed E-state index contributed by atoms with van der Waals surface area (Å²) >= 11 is 0. The maximum Gasteiger partial charge on any atom is 0.264 e. The predicted octanol–water partition coefficient (Wildman–Crippen LogP) is 4.01. The van der Waals surface area contributed by atoms with Gasteiger partial charge in [-0.2, -0.15) is 4.98 Å². The van der Waals surface area contributed by atoms with Gasteiger partial charge in [0.15, 0.2) is 0 Å². The van der Waals surface area contributed by atoms with Crippen molar-refractivity contribution in [3.8, 4) is 22.5 Å². The summed E-state index contributed by atoms with van der Waals surface area (Å²) in [5.74, 6) is -1.07. The maximum absolute atomic E-state index is 15.1. The number of hydrogen-bond donors (Lipinski definition) is 3. The van der Waals surface area contributed by atoms with E-state index in [1.807, 2.05) is 0 Å². The first-order valence-corrected chi connectivity index (χ1v) is 10.9. The highest BCUT2D eigenvalue weighted by molar-refractivity contribution is 5.88. The zero-order chi connectivity index (χ0) is 25.2. The Morgan fingerprint density at radius 3 is 2.64 bits per heavy atom. The molecule has 0 aliphatic rings. The number of benzene rings is 3. The molecule has 0 atom stereocenters. The van der Waals surface area contributed by atoms with Crippen molar-refractivity contribution in [2.75, 3.05) is 17.3 Å². The van der Waals surface area contributed by atoms with Crippen LogP contribution in [0.3, 0.4) is 0 Å². The zero-order valence-corrected chi connectivity index (χ0v) is 19.0. The van der Waals surface area contributed by atoms with Gasteiger partial charge in [-0.15, -0.1) is 0 Å². The van der Waals surface area contributed by atoms with Crippen molar-refractivity contribution >= 4 is 22.9 Å². The average molecular weight is 490 g/mol. The normalized spacial score (nSPS) is 11.1. The number of fused-ring (bicyclic) bond motifs is 1. The number of aliphatic hydroxyl groups excluding tert-OH is 1. The van der Waals surface area contributed by atoms with E-state index in [9.17, 15) is 9.18 Å². The number of rotatable bonds is 7. The first kappa shape index (κ1) is 23.1. The molecule has 11 heteroatoms. The van der Waals surface area contributed by atoms with Crippen molar-refractivity contribution in [1.82, 2.24) is 19.8 Å². The molecular weight excluding hydrogens is 470 g/mol.